The number of fused-ring (bicyclic) bond motifs is 3. The van der Waals surface area contributed by atoms with Crippen molar-refractivity contribution in [2.24, 2.45) is 11.3 Å². The number of benzene rings is 1. The molecular weight excluding hydrogens is 404 g/mol. The zero-order chi connectivity index (χ0) is 23.5. The summed E-state index contributed by atoms with van der Waals surface area (Å²) < 4.78 is 10.5. The summed E-state index contributed by atoms with van der Waals surface area (Å²) in [4.78, 5) is 24.9. The van der Waals surface area contributed by atoms with Gasteiger partial charge in [-0.3, -0.25) is 9.59 Å². The number of aliphatic hydroxyl groups is 3. The van der Waals surface area contributed by atoms with E-state index >= 15 is 0 Å². The number of hydrogen-bond donors (Lipinski definition) is 4. The molecule has 3 rings (SSSR count). The lowest BCUT2D eigenvalue weighted by molar-refractivity contribution is -0.219. The maximum absolute atomic E-state index is 12.9. The first-order chi connectivity index (χ1) is 14.3. The largest absolute Gasteiger partial charge is 0.508 e. The van der Waals surface area contributed by atoms with E-state index in [0.29, 0.717) is 5.56 Å². The molecule has 0 saturated heterocycles. The Labute approximate surface area is 181 Å². The van der Waals surface area contributed by atoms with E-state index in [-0.39, 0.29) is 23.7 Å². The molecule has 0 heterocycles. The zero-order valence-corrected chi connectivity index (χ0v) is 18.7. The van der Waals surface area contributed by atoms with Gasteiger partial charge in [0, 0.05) is 30.2 Å². The summed E-state index contributed by atoms with van der Waals surface area (Å²) in [6, 6.07) is 3.31. The number of rotatable bonds is 3. The van der Waals surface area contributed by atoms with E-state index in [1.54, 1.807) is 19.1 Å². The predicted octanol–water partition coefficient (Wildman–Crippen LogP) is 1.67. The highest BCUT2D eigenvalue weighted by Crippen LogP contribution is 2.62. The second-order valence-electron chi connectivity index (χ2n) is 9.48. The van der Waals surface area contributed by atoms with Crippen LogP contribution in [0.15, 0.2) is 12.1 Å². The first-order valence-electron chi connectivity index (χ1n) is 10.5. The average Bonchev–Trinajstić information content (AvgIpc) is 2.68. The lowest BCUT2D eigenvalue weighted by Crippen LogP contribution is -2.69. The number of hydrogen-bond acceptors (Lipinski definition) is 8. The van der Waals surface area contributed by atoms with Gasteiger partial charge in [-0.1, -0.05) is 26.8 Å². The number of esters is 2. The molecule has 1 fully saturated rings. The molecule has 8 heteroatoms. The maximum Gasteiger partial charge on any atom is 0.314 e. The van der Waals surface area contributed by atoms with Crippen LogP contribution in [0.4, 0.5) is 0 Å². The lowest BCUT2D eigenvalue weighted by atomic mass is 9.46. The molecule has 0 aliphatic heterocycles. The average molecular weight is 437 g/mol. The van der Waals surface area contributed by atoms with Gasteiger partial charge >= 0.3 is 11.9 Å². The van der Waals surface area contributed by atoms with Crippen LogP contribution in [0.5, 0.6) is 5.75 Å². The summed E-state index contributed by atoms with van der Waals surface area (Å²) in [6.45, 7) is 8.19. The third-order valence-electron chi connectivity index (χ3n) is 7.38. The number of aliphatic hydroxyl groups excluding tert-OH is 3. The van der Waals surface area contributed by atoms with Crippen molar-refractivity contribution in [3.05, 3.63) is 28.8 Å². The standard InChI is InChI=1S/C23H32O8/c1-10(2)12-7-13-17(14(25)8-12)22(4)15(26)9-16(27)23(5,21(29)30-6)20(22)19(18(13)28)31-11(3)24/h7-8,10,15-16,18-20,25-28H,9H2,1-6H3/t15-,16+,18-,19+,20+,22+,23+/m0/s1. The Kier molecular flexibility index (Phi) is 5.88. The highest BCUT2D eigenvalue weighted by atomic mass is 16.6. The molecule has 1 aromatic carbocycles. The van der Waals surface area contributed by atoms with Gasteiger partial charge < -0.3 is 29.9 Å². The summed E-state index contributed by atoms with van der Waals surface area (Å²) in [5.74, 6) is -2.60. The van der Waals surface area contributed by atoms with Gasteiger partial charge in [0.25, 0.3) is 0 Å². The normalized spacial score (nSPS) is 37.0. The highest BCUT2D eigenvalue weighted by Gasteiger charge is 2.69. The van der Waals surface area contributed by atoms with Crippen molar-refractivity contribution in [3.8, 4) is 5.75 Å². The van der Waals surface area contributed by atoms with Crippen molar-refractivity contribution in [1.29, 1.82) is 0 Å². The molecule has 7 atom stereocenters. The Hall–Kier alpha value is -2.16. The molecule has 31 heavy (non-hydrogen) atoms. The summed E-state index contributed by atoms with van der Waals surface area (Å²) in [5.41, 5.74) is -1.56. The Morgan fingerprint density at radius 2 is 1.74 bits per heavy atom. The van der Waals surface area contributed by atoms with Crippen molar-refractivity contribution in [2.45, 2.75) is 76.8 Å². The fraction of sp³-hybridized carbons (Fsp3) is 0.652. The van der Waals surface area contributed by atoms with Crippen LogP contribution in [0.3, 0.4) is 0 Å². The van der Waals surface area contributed by atoms with Crippen LogP contribution in [-0.4, -0.2) is 57.8 Å². The van der Waals surface area contributed by atoms with Gasteiger partial charge in [0.1, 0.15) is 18.0 Å². The van der Waals surface area contributed by atoms with Gasteiger partial charge in [-0.2, -0.15) is 0 Å². The minimum absolute atomic E-state index is 0.0412. The van der Waals surface area contributed by atoms with Gasteiger partial charge in [-0.15, -0.1) is 0 Å². The highest BCUT2D eigenvalue weighted by molar-refractivity contribution is 5.79. The molecule has 0 spiro atoms. The van der Waals surface area contributed by atoms with Crippen LogP contribution in [0.2, 0.25) is 0 Å². The first-order valence-corrected chi connectivity index (χ1v) is 10.5. The van der Waals surface area contributed by atoms with Gasteiger partial charge in [-0.05, 0) is 30.0 Å². The third kappa shape index (κ3) is 3.23. The van der Waals surface area contributed by atoms with Crippen LogP contribution in [0, 0.1) is 11.3 Å². The quantitative estimate of drug-likeness (QED) is 0.526. The minimum atomic E-state index is -1.62. The van der Waals surface area contributed by atoms with Gasteiger partial charge in [0.2, 0.25) is 0 Å². The number of carbonyl (C=O) groups is 2. The second-order valence-corrected chi connectivity index (χ2v) is 9.48. The van der Waals surface area contributed by atoms with Crippen LogP contribution in [0.1, 0.15) is 69.8 Å². The van der Waals surface area contributed by atoms with Crippen molar-refractivity contribution in [2.75, 3.05) is 7.11 Å². The van der Waals surface area contributed by atoms with Crippen LogP contribution >= 0.6 is 0 Å². The molecule has 172 valence electrons. The van der Waals surface area contributed by atoms with Crippen LogP contribution < -0.4 is 0 Å². The third-order valence-corrected chi connectivity index (χ3v) is 7.38. The van der Waals surface area contributed by atoms with Gasteiger partial charge in [0.15, 0.2) is 0 Å². The molecule has 0 amide bonds. The Morgan fingerprint density at radius 1 is 1.13 bits per heavy atom. The van der Waals surface area contributed by atoms with E-state index < -0.39 is 53.1 Å². The van der Waals surface area contributed by atoms with Crippen molar-refractivity contribution in [1.82, 2.24) is 0 Å². The fourth-order valence-corrected chi connectivity index (χ4v) is 5.73. The number of aromatic hydroxyl groups is 1. The van der Waals surface area contributed by atoms with E-state index in [2.05, 4.69) is 0 Å². The second kappa shape index (κ2) is 7.76. The number of methoxy groups -OCH3 is 1. The van der Waals surface area contributed by atoms with E-state index in [1.165, 1.54) is 21.0 Å². The fourth-order valence-electron chi connectivity index (χ4n) is 5.73. The molecule has 0 unspecified atom stereocenters. The molecule has 2 aliphatic rings. The maximum atomic E-state index is 12.9. The summed E-state index contributed by atoms with van der Waals surface area (Å²) in [5, 5.41) is 44.4. The summed E-state index contributed by atoms with van der Waals surface area (Å²) in [6.07, 6.45) is -5.32. The van der Waals surface area contributed by atoms with Crippen LogP contribution in [0.25, 0.3) is 0 Å². The SMILES string of the molecule is COC(=O)[C@]1(C)[C@H](O)C[C@H](O)[C@]2(C)c3c(O)cc(C(C)C)cc3[C@H](O)[C@@H](OC(C)=O)[C@@H]12. The molecule has 2 aliphatic carbocycles. The van der Waals surface area contributed by atoms with Gasteiger partial charge in [0.05, 0.1) is 24.7 Å². The van der Waals surface area contributed by atoms with E-state index in [4.69, 9.17) is 9.47 Å². The molecule has 0 bridgehead atoms. The Balaban J connectivity index is 2.39. The molecule has 0 aromatic heterocycles. The molecule has 1 saturated carbocycles. The number of phenolic OH excluding ortho intramolecular Hbond substituents is 1. The Bertz CT molecular complexity index is 896. The molecule has 1 aromatic rings. The molecule has 0 radical (unpaired) electrons. The number of ether oxygens (including phenoxy) is 2. The van der Waals surface area contributed by atoms with E-state index in [1.807, 2.05) is 13.8 Å². The molecule has 8 nitrogen and oxygen atoms in total. The zero-order valence-electron chi connectivity index (χ0n) is 18.7. The number of carbonyl (C=O) groups excluding carboxylic acids is 2. The minimum Gasteiger partial charge on any atom is -0.508 e. The van der Waals surface area contributed by atoms with Crippen molar-refractivity contribution >= 4 is 11.9 Å². The van der Waals surface area contributed by atoms with Crippen molar-refractivity contribution in [3.63, 3.8) is 0 Å². The smallest absolute Gasteiger partial charge is 0.314 e. The Morgan fingerprint density at radius 3 is 2.26 bits per heavy atom. The summed E-state index contributed by atoms with van der Waals surface area (Å²) >= 11 is 0. The summed E-state index contributed by atoms with van der Waals surface area (Å²) in [7, 11) is 1.18. The topological polar surface area (TPSA) is 134 Å². The molecular formula is C23H32O8. The van der Waals surface area contributed by atoms with Crippen LogP contribution in [-0.2, 0) is 24.5 Å². The lowest BCUT2D eigenvalue weighted by Gasteiger charge is -2.60. The first kappa shape index (κ1) is 23.5. The van der Waals surface area contributed by atoms with Crippen molar-refractivity contribution < 1.29 is 39.5 Å². The monoisotopic (exact) mass is 436 g/mol. The van der Waals surface area contributed by atoms with E-state index in [0.717, 1.165) is 5.56 Å². The number of phenols is 1. The van der Waals surface area contributed by atoms with E-state index in [9.17, 15) is 30.0 Å². The molecule has 4 N–H and O–H groups in total. The predicted molar refractivity (Wildman–Crippen MR) is 110 cm³/mol. The van der Waals surface area contributed by atoms with Gasteiger partial charge in [-0.25, -0.2) is 0 Å².